The molecular formula is C17H13ClN2O5S. The van der Waals surface area contributed by atoms with Gasteiger partial charge in [0, 0.05) is 16.1 Å². The van der Waals surface area contributed by atoms with E-state index in [1.165, 1.54) is 24.3 Å². The van der Waals surface area contributed by atoms with Gasteiger partial charge in [0.2, 0.25) is 15.9 Å². The highest BCUT2D eigenvalue weighted by Gasteiger charge is 2.19. The molecule has 0 atom stereocenters. The van der Waals surface area contributed by atoms with Crippen LogP contribution in [0.3, 0.4) is 0 Å². The van der Waals surface area contributed by atoms with E-state index in [0.717, 1.165) is 0 Å². The Kier molecular flexibility index (Phi) is 4.82. The number of hydrogen-bond donors (Lipinski definition) is 2. The zero-order chi connectivity index (χ0) is 18.9. The van der Waals surface area contributed by atoms with E-state index in [0.29, 0.717) is 27.6 Å². The Labute approximate surface area is 154 Å². The first-order chi connectivity index (χ1) is 12.2. The summed E-state index contributed by atoms with van der Waals surface area (Å²) in [6.45, 7) is 0. The lowest BCUT2D eigenvalue weighted by Crippen LogP contribution is -2.11. The molecule has 3 N–H and O–H groups in total. The van der Waals surface area contributed by atoms with Crippen molar-refractivity contribution in [3.8, 4) is 22.6 Å². The van der Waals surface area contributed by atoms with Crippen molar-refractivity contribution >= 4 is 27.6 Å². The van der Waals surface area contributed by atoms with E-state index in [-0.39, 0.29) is 17.2 Å². The minimum atomic E-state index is -3.82. The number of primary sulfonamides is 1. The van der Waals surface area contributed by atoms with Crippen molar-refractivity contribution in [1.82, 2.24) is 4.98 Å². The van der Waals surface area contributed by atoms with E-state index in [1.54, 1.807) is 24.3 Å². The maximum absolute atomic E-state index is 11.4. The minimum Gasteiger partial charge on any atom is -0.481 e. The molecule has 0 fully saturated rings. The third kappa shape index (κ3) is 3.93. The summed E-state index contributed by atoms with van der Waals surface area (Å²) in [5.41, 5.74) is 1.65. The zero-order valence-corrected chi connectivity index (χ0v) is 14.8. The Hall–Kier alpha value is -2.68. The molecule has 3 aromatic rings. The number of benzene rings is 2. The molecule has 0 amide bonds. The molecule has 134 valence electrons. The predicted octanol–water partition coefficient (Wildman–Crippen LogP) is 2.94. The number of nitrogens with zero attached hydrogens (tertiary/aromatic N) is 1. The molecule has 1 heterocycles. The monoisotopic (exact) mass is 392 g/mol. The number of aromatic nitrogens is 1. The van der Waals surface area contributed by atoms with Crippen LogP contribution in [0.2, 0.25) is 5.02 Å². The van der Waals surface area contributed by atoms with E-state index in [9.17, 15) is 13.2 Å². The Morgan fingerprint density at radius 1 is 1.08 bits per heavy atom. The van der Waals surface area contributed by atoms with Crippen molar-refractivity contribution in [2.45, 2.75) is 11.3 Å². The van der Waals surface area contributed by atoms with Gasteiger partial charge in [0.05, 0.1) is 4.90 Å². The molecular weight excluding hydrogens is 380 g/mol. The summed E-state index contributed by atoms with van der Waals surface area (Å²) in [5, 5.41) is 14.6. The number of oxazole rings is 1. The van der Waals surface area contributed by atoms with Gasteiger partial charge in [0.25, 0.3) is 0 Å². The first-order valence-corrected chi connectivity index (χ1v) is 9.27. The quantitative estimate of drug-likeness (QED) is 0.688. The first kappa shape index (κ1) is 18.1. The SMILES string of the molecule is NS(=O)(=O)c1ccc(-c2oc(CC(=O)O)nc2-c2ccc(Cl)cc2)cc1. The maximum Gasteiger partial charge on any atom is 0.312 e. The average molecular weight is 393 g/mol. The Balaban J connectivity index is 2.11. The number of hydrogen-bond acceptors (Lipinski definition) is 5. The number of nitrogens with two attached hydrogens (primary N) is 1. The summed E-state index contributed by atoms with van der Waals surface area (Å²) in [6.07, 6.45) is -0.379. The van der Waals surface area contributed by atoms with Crippen LogP contribution in [0.4, 0.5) is 0 Å². The van der Waals surface area contributed by atoms with Gasteiger partial charge in [-0.1, -0.05) is 23.7 Å². The van der Waals surface area contributed by atoms with Crippen LogP contribution in [-0.2, 0) is 21.2 Å². The zero-order valence-electron chi connectivity index (χ0n) is 13.2. The highest BCUT2D eigenvalue weighted by atomic mass is 35.5. The molecule has 26 heavy (non-hydrogen) atoms. The van der Waals surface area contributed by atoms with Crippen molar-refractivity contribution < 1.29 is 22.7 Å². The second-order valence-electron chi connectivity index (χ2n) is 5.43. The second-order valence-corrected chi connectivity index (χ2v) is 7.43. The minimum absolute atomic E-state index is 0.0352. The maximum atomic E-state index is 11.4. The van der Waals surface area contributed by atoms with Crippen LogP contribution in [-0.4, -0.2) is 24.5 Å². The highest BCUT2D eigenvalue weighted by Crippen LogP contribution is 2.33. The number of carbonyl (C=O) groups is 1. The van der Waals surface area contributed by atoms with E-state index in [4.69, 9.17) is 26.3 Å². The van der Waals surface area contributed by atoms with Crippen LogP contribution in [0.1, 0.15) is 5.89 Å². The van der Waals surface area contributed by atoms with Gasteiger partial charge >= 0.3 is 5.97 Å². The van der Waals surface area contributed by atoms with Crippen LogP contribution < -0.4 is 5.14 Å². The molecule has 0 spiro atoms. The number of rotatable bonds is 5. The number of carboxylic acid groups (broad SMARTS) is 1. The van der Waals surface area contributed by atoms with Crippen LogP contribution in [0.15, 0.2) is 57.8 Å². The standard InChI is InChI=1S/C17H13ClN2O5S/c18-12-5-1-10(2-6-12)16-17(25-14(20-16)9-15(21)22)11-3-7-13(8-4-11)26(19,23)24/h1-8H,9H2,(H,21,22)(H2,19,23,24). The van der Waals surface area contributed by atoms with Crippen molar-refractivity contribution in [3.63, 3.8) is 0 Å². The van der Waals surface area contributed by atoms with Gasteiger partial charge in [-0.3, -0.25) is 4.79 Å². The molecule has 3 rings (SSSR count). The van der Waals surface area contributed by atoms with E-state index in [2.05, 4.69) is 4.98 Å². The topological polar surface area (TPSA) is 123 Å². The van der Waals surface area contributed by atoms with Crippen LogP contribution in [0.5, 0.6) is 0 Å². The molecule has 0 bridgehead atoms. The molecule has 0 unspecified atom stereocenters. The predicted molar refractivity (Wildman–Crippen MR) is 95.1 cm³/mol. The second kappa shape index (κ2) is 6.91. The third-order valence-corrected chi connectivity index (χ3v) is 4.72. The first-order valence-electron chi connectivity index (χ1n) is 7.35. The summed E-state index contributed by atoms with van der Waals surface area (Å²) in [5.74, 6) is -0.720. The molecule has 0 radical (unpaired) electrons. The molecule has 0 aliphatic rings. The van der Waals surface area contributed by atoms with E-state index in [1.807, 2.05) is 0 Å². The van der Waals surface area contributed by atoms with Gasteiger partial charge in [-0.2, -0.15) is 0 Å². The Bertz CT molecular complexity index is 1060. The lowest BCUT2D eigenvalue weighted by Gasteiger charge is -2.03. The van der Waals surface area contributed by atoms with Crippen molar-refractivity contribution in [1.29, 1.82) is 0 Å². The Morgan fingerprint density at radius 2 is 1.65 bits per heavy atom. The molecule has 1 aromatic heterocycles. The summed E-state index contributed by atoms with van der Waals surface area (Å²) in [6, 6.07) is 12.5. The fourth-order valence-electron chi connectivity index (χ4n) is 2.36. The molecule has 7 nitrogen and oxygen atoms in total. The fourth-order valence-corrected chi connectivity index (χ4v) is 3.01. The Morgan fingerprint density at radius 3 is 2.19 bits per heavy atom. The van der Waals surface area contributed by atoms with Gasteiger partial charge in [-0.15, -0.1) is 0 Å². The molecule has 0 saturated carbocycles. The van der Waals surface area contributed by atoms with Gasteiger partial charge in [-0.05, 0) is 36.4 Å². The van der Waals surface area contributed by atoms with Crippen molar-refractivity contribution in [2.75, 3.05) is 0 Å². The summed E-state index contributed by atoms with van der Waals surface area (Å²) < 4.78 is 28.4. The van der Waals surface area contributed by atoms with Crippen molar-refractivity contribution in [2.24, 2.45) is 5.14 Å². The summed E-state index contributed by atoms with van der Waals surface area (Å²) >= 11 is 5.90. The van der Waals surface area contributed by atoms with E-state index < -0.39 is 16.0 Å². The largest absolute Gasteiger partial charge is 0.481 e. The number of aliphatic carboxylic acids is 1. The van der Waals surface area contributed by atoms with Gasteiger partial charge in [0.1, 0.15) is 12.1 Å². The smallest absolute Gasteiger partial charge is 0.312 e. The molecule has 0 saturated heterocycles. The van der Waals surface area contributed by atoms with Crippen molar-refractivity contribution in [3.05, 3.63) is 59.4 Å². The number of carboxylic acids is 1. The van der Waals surface area contributed by atoms with Crippen LogP contribution in [0, 0.1) is 0 Å². The van der Waals surface area contributed by atoms with Gasteiger partial charge < -0.3 is 9.52 Å². The van der Waals surface area contributed by atoms with Crippen LogP contribution >= 0.6 is 11.6 Å². The molecule has 0 aliphatic heterocycles. The lowest BCUT2D eigenvalue weighted by molar-refractivity contribution is -0.136. The number of sulfonamides is 1. The molecule has 9 heteroatoms. The van der Waals surface area contributed by atoms with Gasteiger partial charge in [0.15, 0.2) is 5.76 Å². The molecule has 0 aliphatic carbocycles. The highest BCUT2D eigenvalue weighted by molar-refractivity contribution is 7.89. The van der Waals surface area contributed by atoms with Gasteiger partial charge in [-0.25, -0.2) is 18.5 Å². The van der Waals surface area contributed by atoms with E-state index >= 15 is 0 Å². The molecule has 2 aromatic carbocycles. The lowest BCUT2D eigenvalue weighted by atomic mass is 10.1. The normalized spacial score (nSPS) is 11.5. The number of halogens is 1. The summed E-state index contributed by atoms with van der Waals surface area (Å²) in [4.78, 5) is 15.2. The third-order valence-electron chi connectivity index (χ3n) is 3.54. The average Bonchev–Trinajstić information content (AvgIpc) is 2.98. The van der Waals surface area contributed by atoms with Crippen LogP contribution in [0.25, 0.3) is 22.6 Å². The fraction of sp³-hybridized carbons (Fsp3) is 0.0588. The summed E-state index contributed by atoms with van der Waals surface area (Å²) in [7, 11) is -3.82.